The summed E-state index contributed by atoms with van der Waals surface area (Å²) in [5.74, 6) is 1.17. The lowest BCUT2D eigenvalue weighted by Crippen LogP contribution is -2.12. The van der Waals surface area contributed by atoms with E-state index in [1.165, 1.54) is 0 Å². The van der Waals surface area contributed by atoms with Crippen LogP contribution in [0.5, 0.6) is 11.6 Å². The van der Waals surface area contributed by atoms with Crippen molar-refractivity contribution in [2.75, 3.05) is 6.54 Å². The first kappa shape index (κ1) is 16.6. The SMILES string of the molecule is CCNCc1c(C)nn(C)c1Oc1cc(Cl)c(Br)cc1Cl. The Morgan fingerprint density at radius 1 is 1.33 bits per heavy atom. The van der Waals surface area contributed by atoms with E-state index < -0.39 is 0 Å². The molecule has 114 valence electrons. The molecule has 0 aliphatic rings. The van der Waals surface area contributed by atoms with Gasteiger partial charge in [0.15, 0.2) is 0 Å². The second-order valence-electron chi connectivity index (χ2n) is 4.57. The van der Waals surface area contributed by atoms with Gasteiger partial charge >= 0.3 is 0 Å². The molecule has 0 aliphatic heterocycles. The monoisotopic (exact) mass is 391 g/mol. The number of nitrogens with one attached hydrogen (secondary N) is 1. The van der Waals surface area contributed by atoms with E-state index in [4.69, 9.17) is 27.9 Å². The fraction of sp³-hybridized carbons (Fsp3) is 0.357. The van der Waals surface area contributed by atoms with E-state index in [2.05, 4.69) is 33.3 Å². The van der Waals surface area contributed by atoms with Crippen LogP contribution in [-0.2, 0) is 13.6 Å². The molecule has 4 nitrogen and oxygen atoms in total. The van der Waals surface area contributed by atoms with Crippen LogP contribution >= 0.6 is 39.1 Å². The molecule has 0 saturated carbocycles. The minimum absolute atomic E-state index is 0.486. The maximum absolute atomic E-state index is 6.21. The number of hydrogen-bond donors (Lipinski definition) is 1. The molecule has 2 rings (SSSR count). The van der Waals surface area contributed by atoms with Crippen LogP contribution in [0, 0.1) is 6.92 Å². The molecule has 0 radical (unpaired) electrons. The van der Waals surface area contributed by atoms with E-state index in [0.29, 0.717) is 28.2 Å². The molecule has 7 heteroatoms. The number of halogens is 3. The molecule has 0 aliphatic carbocycles. The van der Waals surface area contributed by atoms with Crippen LogP contribution in [0.15, 0.2) is 16.6 Å². The highest BCUT2D eigenvalue weighted by Gasteiger charge is 2.17. The Bertz CT molecular complexity index is 658. The van der Waals surface area contributed by atoms with Crippen molar-refractivity contribution in [1.29, 1.82) is 0 Å². The smallest absolute Gasteiger partial charge is 0.222 e. The largest absolute Gasteiger partial charge is 0.437 e. The van der Waals surface area contributed by atoms with Gasteiger partial charge in [-0.25, -0.2) is 4.68 Å². The van der Waals surface area contributed by atoms with Gasteiger partial charge in [-0.3, -0.25) is 0 Å². The summed E-state index contributed by atoms with van der Waals surface area (Å²) >= 11 is 15.6. The van der Waals surface area contributed by atoms with Crippen LogP contribution in [0.1, 0.15) is 18.2 Å². The van der Waals surface area contributed by atoms with Gasteiger partial charge in [0.2, 0.25) is 5.88 Å². The Morgan fingerprint density at radius 2 is 2.05 bits per heavy atom. The fourth-order valence-corrected chi connectivity index (χ4v) is 2.78. The van der Waals surface area contributed by atoms with E-state index in [0.717, 1.165) is 22.3 Å². The number of hydrogen-bond acceptors (Lipinski definition) is 3. The Kier molecular flexibility index (Phi) is 5.54. The van der Waals surface area contributed by atoms with Gasteiger partial charge in [0, 0.05) is 24.1 Å². The minimum Gasteiger partial charge on any atom is -0.437 e. The molecule has 0 saturated heterocycles. The van der Waals surface area contributed by atoms with Crippen molar-refractivity contribution in [3.63, 3.8) is 0 Å². The van der Waals surface area contributed by atoms with Crippen molar-refractivity contribution in [2.24, 2.45) is 7.05 Å². The van der Waals surface area contributed by atoms with Crippen LogP contribution < -0.4 is 10.1 Å². The second-order valence-corrected chi connectivity index (χ2v) is 6.24. The summed E-state index contributed by atoms with van der Waals surface area (Å²) in [5.41, 5.74) is 1.93. The van der Waals surface area contributed by atoms with Crippen molar-refractivity contribution in [1.82, 2.24) is 15.1 Å². The van der Waals surface area contributed by atoms with E-state index in [-0.39, 0.29) is 0 Å². The van der Waals surface area contributed by atoms with Crippen LogP contribution in [0.3, 0.4) is 0 Å². The molecule has 0 unspecified atom stereocenters. The average molecular weight is 393 g/mol. The van der Waals surface area contributed by atoms with Gasteiger partial charge in [0.05, 0.1) is 21.3 Å². The predicted octanol–water partition coefficient (Wildman–Crippen LogP) is 4.70. The Morgan fingerprint density at radius 3 is 2.71 bits per heavy atom. The van der Waals surface area contributed by atoms with E-state index in [1.54, 1.807) is 16.8 Å². The molecule has 0 amide bonds. The second kappa shape index (κ2) is 7.01. The van der Waals surface area contributed by atoms with Gasteiger partial charge in [-0.1, -0.05) is 30.1 Å². The third-order valence-corrected chi connectivity index (χ3v) is 4.51. The maximum atomic E-state index is 6.21. The Hall–Kier alpha value is -0.750. The van der Waals surface area contributed by atoms with E-state index in [9.17, 15) is 0 Å². The van der Waals surface area contributed by atoms with Gasteiger partial charge in [-0.2, -0.15) is 5.10 Å². The normalized spacial score (nSPS) is 11.0. The number of aromatic nitrogens is 2. The van der Waals surface area contributed by atoms with E-state index >= 15 is 0 Å². The Balaban J connectivity index is 2.37. The van der Waals surface area contributed by atoms with Crippen molar-refractivity contribution in [3.05, 3.63) is 37.9 Å². The molecule has 1 aromatic heterocycles. The predicted molar refractivity (Wildman–Crippen MR) is 89.6 cm³/mol. The molecule has 0 fully saturated rings. The fourth-order valence-electron chi connectivity index (χ4n) is 1.95. The molecular formula is C14H16BrCl2N3O. The zero-order valence-electron chi connectivity index (χ0n) is 12.0. The third kappa shape index (κ3) is 3.72. The van der Waals surface area contributed by atoms with Gasteiger partial charge in [-0.15, -0.1) is 0 Å². The molecular weight excluding hydrogens is 377 g/mol. The van der Waals surface area contributed by atoms with Crippen LogP contribution in [0.2, 0.25) is 10.0 Å². The Labute approximate surface area is 142 Å². The van der Waals surface area contributed by atoms with Gasteiger partial charge < -0.3 is 10.1 Å². The summed E-state index contributed by atoms with van der Waals surface area (Å²) in [4.78, 5) is 0. The van der Waals surface area contributed by atoms with Crippen LogP contribution in [0.4, 0.5) is 0 Å². The molecule has 1 aromatic carbocycles. The van der Waals surface area contributed by atoms with Crippen LogP contribution in [-0.4, -0.2) is 16.3 Å². The molecule has 0 spiro atoms. The lowest BCUT2D eigenvalue weighted by molar-refractivity contribution is 0.424. The van der Waals surface area contributed by atoms with Gasteiger partial charge in [0.1, 0.15) is 5.75 Å². The number of benzene rings is 1. The molecule has 0 atom stereocenters. The lowest BCUT2D eigenvalue weighted by atomic mass is 10.2. The standard InChI is InChI=1S/C14H16BrCl2N3O/c1-4-18-7-9-8(2)19-20(3)14(9)21-13-6-11(16)10(15)5-12(13)17/h5-6,18H,4,7H2,1-3H3. The van der Waals surface area contributed by atoms with Crippen molar-refractivity contribution < 1.29 is 4.74 Å². The topological polar surface area (TPSA) is 39.1 Å². The quantitative estimate of drug-likeness (QED) is 0.749. The number of ether oxygens (including phenoxy) is 1. The van der Waals surface area contributed by atoms with Crippen molar-refractivity contribution in [3.8, 4) is 11.6 Å². The summed E-state index contributed by atoms with van der Waals surface area (Å²) in [6, 6.07) is 3.40. The average Bonchev–Trinajstić information content (AvgIpc) is 2.68. The zero-order valence-corrected chi connectivity index (χ0v) is 15.1. The molecule has 21 heavy (non-hydrogen) atoms. The minimum atomic E-state index is 0.486. The summed E-state index contributed by atoms with van der Waals surface area (Å²) < 4.78 is 8.38. The van der Waals surface area contributed by atoms with Gasteiger partial charge in [-0.05, 0) is 35.5 Å². The summed E-state index contributed by atoms with van der Waals surface area (Å²) in [7, 11) is 1.84. The lowest BCUT2D eigenvalue weighted by Gasteiger charge is -2.11. The molecule has 0 bridgehead atoms. The maximum Gasteiger partial charge on any atom is 0.222 e. The summed E-state index contributed by atoms with van der Waals surface area (Å²) in [5, 5.41) is 8.70. The summed E-state index contributed by atoms with van der Waals surface area (Å²) in [6.45, 7) is 5.57. The first-order valence-electron chi connectivity index (χ1n) is 6.49. The molecule has 1 heterocycles. The number of aryl methyl sites for hydroxylation is 2. The number of rotatable bonds is 5. The molecule has 2 aromatic rings. The summed E-state index contributed by atoms with van der Waals surface area (Å²) in [6.07, 6.45) is 0. The first-order chi connectivity index (χ1) is 9.93. The highest BCUT2D eigenvalue weighted by atomic mass is 79.9. The van der Waals surface area contributed by atoms with Gasteiger partial charge in [0.25, 0.3) is 0 Å². The first-order valence-corrected chi connectivity index (χ1v) is 8.04. The highest BCUT2D eigenvalue weighted by Crippen LogP contribution is 2.37. The van der Waals surface area contributed by atoms with E-state index in [1.807, 2.05) is 14.0 Å². The highest BCUT2D eigenvalue weighted by molar-refractivity contribution is 9.10. The zero-order chi connectivity index (χ0) is 15.6. The van der Waals surface area contributed by atoms with Crippen molar-refractivity contribution in [2.45, 2.75) is 20.4 Å². The van der Waals surface area contributed by atoms with Crippen molar-refractivity contribution >= 4 is 39.1 Å². The third-order valence-electron chi connectivity index (χ3n) is 3.02. The number of nitrogens with zero attached hydrogens (tertiary/aromatic N) is 2. The molecule has 1 N–H and O–H groups in total. The van der Waals surface area contributed by atoms with Crippen LogP contribution in [0.25, 0.3) is 0 Å².